The Labute approximate surface area is 206 Å². The molecule has 4 rings (SSSR count). The molecule has 2 heterocycles. The van der Waals surface area contributed by atoms with Gasteiger partial charge in [0.25, 0.3) is 0 Å². The molecule has 2 N–H and O–H groups in total. The Morgan fingerprint density at radius 3 is 2.60 bits per heavy atom. The minimum absolute atomic E-state index is 0.228. The number of piperidine rings is 1. The number of hydrogen-bond acceptors (Lipinski definition) is 6. The van der Waals surface area contributed by atoms with Crippen molar-refractivity contribution in [1.29, 1.82) is 0 Å². The van der Waals surface area contributed by atoms with Crippen molar-refractivity contribution in [1.82, 2.24) is 15.5 Å². The molecular weight excluding hydrogens is 446 g/mol. The van der Waals surface area contributed by atoms with E-state index in [-0.39, 0.29) is 12.6 Å². The smallest absolute Gasteiger partial charge is 0.338 e. The number of likely N-dealkylation sites (tertiary alicyclic amines) is 1. The molecule has 0 spiro atoms. The largest absolute Gasteiger partial charge is 0.493 e. The highest BCUT2D eigenvalue weighted by Crippen LogP contribution is 2.39. The maximum Gasteiger partial charge on any atom is 0.338 e. The monoisotopic (exact) mass is 479 g/mol. The van der Waals surface area contributed by atoms with Crippen LogP contribution >= 0.6 is 0 Å². The summed E-state index contributed by atoms with van der Waals surface area (Å²) in [4.78, 5) is 28.3. The Morgan fingerprint density at radius 2 is 1.89 bits per heavy atom. The number of esters is 1. The second-order valence-electron chi connectivity index (χ2n) is 8.71. The molecule has 2 aromatic carbocycles. The van der Waals surface area contributed by atoms with Gasteiger partial charge in [0.1, 0.15) is 0 Å². The fourth-order valence-corrected chi connectivity index (χ4v) is 4.99. The van der Waals surface area contributed by atoms with Crippen LogP contribution in [-0.2, 0) is 9.53 Å². The Bertz CT molecular complexity index is 1090. The SMILES string of the molecule is CCOC(=O)C1=C(CN2CCC[C@H](c3ccccc3)C2)NC(=O)N[C@H]1c1cccc(OC)c1OC. The Kier molecular flexibility index (Phi) is 7.92. The van der Waals surface area contributed by atoms with Crippen LogP contribution in [0.1, 0.15) is 42.9 Å². The maximum absolute atomic E-state index is 13.2. The number of urea groups is 1. The normalized spacial score (nSPS) is 20.6. The predicted molar refractivity (Wildman–Crippen MR) is 132 cm³/mol. The van der Waals surface area contributed by atoms with Crippen molar-refractivity contribution >= 4 is 12.0 Å². The number of ether oxygens (including phenoxy) is 3. The third-order valence-electron chi connectivity index (χ3n) is 6.55. The molecule has 0 aliphatic carbocycles. The summed E-state index contributed by atoms with van der Waals surface area (Å²) in [7, 11) is 3.09. The van der Waals surface area contributed by atoms with E-state index in [1.165, 1.54) is 12.7 Å². The summed E-state index contributed by atoms with van der Waals surface area (Å²) in [5.41, 5.74) is 2.86. The molecule has 35 heavy (non-hydrogen) atoms. The number of amides is 2. The average Bonchev–Trinajstić information content (AvgIpc) is 2.88. The Hall–Kier alpha value is -3.52. The third kappa shape index (κ3) is 5.43. The van der Waals surface area contributed by atoms with Crippen LogP contribution < -0.4 is 20.1 Å². The number of rotatable bonds is 8. The summed E-state index contributed by atoms with van der Waals surface area (Å²) in [6, 6.07) is 14.8. The molecule has 0 saturated carbocycles. The number of para-hydroxylation sites is 1. The van der Waals surface area contributed by atoms with E-state index < -0.39 is 12.0 Å². The average molecular weight is 480 g/mol. The zero-order valence-corrected chi connectivity index (χ0v) is 20.5. The molecule has 1 fully saturated rings. The van der Waals surface area contributed by atoms with E-state index in [0.717, 1.165) is 25.9 Å². The topological polar surface area (TPSA) is 89.1 Å². The predicted octanol–water partition coefficient (Wildman–Crippen LogP) is 3.75. The quantitative estimate of drug-likeness (QED) is 0.561. The maximum atomic E-state index is 13.2. The number of benzene rings is 2. The van der Waals surface area contributed by atoms with E-state index in [4.69, 9.17) is 14.2 Å². The van der Waals surface area contributed by atoms with Gasteiger partial charge in [-0.3, -0.25) is 4.90 Å². The zero-order valence-electron chi connectivity index (χ0n) is 20.5. The Balaban J connectivity index is 1.70. The highest BCUT2D eigenvalue weighted by molar-refractivity contribution is 5.95. The van der Waals surface area contributed by atoms with Crippen molar-refractivity contribution in [2.45, 2.75) is 31.7 Å². The van der Waals surface area contributed by atoms with Crippen LogP contribution in [0, 0.1) is 0 Å². The summed E-state index contributed by atoms with van der Waals surface area (Å²) in [6.07, 6.45) is 2.16. The molecule has 0 aromatic heterocycles. The van der Waals surface area contributed by atoms with Gasteiger partial charge in [-0.1, -0.05) is 42.5 Å². The van der Waals surface area contributed by atoms with E-state index in [0.29, 0.717) is 40.8 Å². The van der Waals surface area contributed by atoms with Crippen LogP contribution in [0.2, 0.25) is 0 Å². The molecule has 8 heteroatoms. The molecule has 1 saturated heterocycles. The number of carbonyl (C=O) groups excluding carboxylic acids is 2. The van der Waals surface area contributed by atoms with Gasteiger partial charge in [0.15, 0.2) is 11.5 Å². The van der Waals surface area contributed by atoms with Crippen molar-refractivity contribution < 1.29 is 23.8 Å². The van der Waals surface area contributed by atoms with Gasteiger partial charge in [-0.15, -0.1) is 0 Å². The molecule has 2 aromatic rings. The minimum atomic E-state index is -0.738. The first-order chi connectivity index (χ1) is 17.0. The van der Waals surface area contributed by atoms with Crippen molar-refractivity contribution in [2.24, 2.45) is 0 Å². The molecule has 0 unspecified atom stereocenters. The molecule has 2 atom stereocenters. The number of methoxy groups -OCH3 is 2. The van der Waals surface area contributed by atoms with Crippen molar-refractivity contribution in [2.75, 3.05) is 40.5 Å². The summed E-state index contributed by atoms with van der Waals surface area (Å²) in [6.45, 7) is 4.17. The lowest BCUT2D eigenvalue weighted by Gasteiger charge is -2.36. The molecule has 0 radical (unpaired) electrons. The van der Waals surface area contributed by atoms with Crippen molar-refractivity contribution in [3.63, 3.8) is 0 Å². The molecule has 2 amide bonds. The first-order valence-electron chi connectivity index (χ1n) is 12.0. The van der Waals surface area contributed by atoms with E-state index in [1.54, 1.807) is 20.1 Å². The summed E-state index contributed by atoms with van der Waals surface area (Å²) in [5.74, 6) is 0.916. The minimum Gasteiger partial charge on any atom is -0.493 e. The van der Waals surface area contributed by atoms with Gasteiger partial charge in [0.05, 0.1) is 32.4 Å². The summed E-state index contributed by atoms with van der Waals surface area (Å²) < 4.78 is 16.5. The first-order valence-corrected chi connectivity index (χ1v) is 12.0. The Morgan fingerprint density at radius 1 is 1.09 bits per heavy atom. The summed E-state index contributed by atoms with van der Waals surface area (Å²) >= 11 is 0. The lowest BCUT2D eigenvalue weighted by atomic mass is 9.90. The van der Waals surface area contributed by atoms with Crippen LogP contribution in [0.25, 0.3) is 0 Å². The van der Waals surface area contributed by atoms with Crippen molar-refractivity contribution in [3.8, 4) is 11.5 Å². The van der Waals surface area contributed by atoms with Crippen LogP contribution in [-0.4, -0.2) is 57.4 Å². The molecule has 186 valence electrons. The van der Waals surface area contributed by atoms with Gasteiger partial charge in [-0.05, 0) is 43.9 Å². The van der Waals surface area contributed by atoms with Crippen molar-refractivity contribution in [3.05, 3.63) is 70.9 Å². The summed E-state index contributed by atoms with van der Waals surface area (Å²) in [5, 5.41) is 5.78. The third-order valence-corrected chi connectivity index (χ3v) is 6.55. The second kappa shape index (κ2) is 11.3. The van der Waals surface area contributed by atoms with E-state index in [1.807, 2.05) is 18.2 Å². The fraction of sp³-hybridized carbons (Fsp3) is 0.407. The van der Waals surface area contributed by atoms with Crippen LogP contribution in [0.15, 0.2) is 59.8 Å². The molecule has 2 aliphatic heterocycles. The molecular formula is C27H33N3O5. The number of carbonyl (C=O) groups is 2. The van der Waals surface area contributed by atoms with Gasteiger partial charge in [0, 0.05) is 24.4 Å². The fourth-order valence-electron chi connectivity index (χ4n) is 4.99. The highest BCUT2D eigenvalue weighted by atomic mass is 16.5. The van der Waals surface area contributed by atoms with Gasteiger partial charge in [0.2, 0.25) is 0 Å². The molecule has 2 aliphatic rings. The lowest BCUT2D eigenvalue weighted by molar-refractivity contribution is -0.139. The zero-order chi connectivity index (χ0) is 24.8. The van der Waals surface area contributed by atoms with E-state index in [2.05, 4.69) is 39.8 Å². The lowest BCUT2D eigenvalue weighted by Crippen LogP contribution is -2.49. The van der Waals surface area contributed by atoms with E-state index >= 15 is 0 Å². The van der Waals surface area contributed by atoms with Gasteiger partial charge in [-0.2, -0.15) is 0 Å². The number of nitrogens with zero attached hydrogens (tertiary/aromatic N) is 1. The first kappa shape index (κ1) is 24.6. The van der Waals surface area contributed by atoms with Gasteiger partial charge < -0.3 is 24.8 Å². The van der Waals surface area contributed by atoms with Crippen LogP contribution in [0.3, 0.4) is 0 Å². The van der Waals surface area contributed by atoms with Crippen LogP contribution in [0.5, 0.6) is 11.5 Å². The number of nitrogens with one attached hydrogen (secondary N) is 2. The highest BCUT2D eigenvalue weighted by Gasteiger charge is 2.37. The van der Waals surface area contributed by atoms with E-state index in [9.17, 15) is 9.59 Å². The van der Waals surface area contributed by atoms with Gasteiger partial charge in [-0.25, -0.2) is 9.59 Å². The number of hydrogen-bond donors (Lipinski definition) is 2. The second-order valence-corrected chi connectivity index (χ2v) is 8.71. The van der Waals surface area contributed by atoms with Crippen LogP contribution in [0.4, 0.5) is 4.79 Å². The van der Waals surface area contributed by atoms with Gasteiger partial charge >= 0.3 is 12.0 Å². The standard InChI is InChI=1S/C27H33N3O5/c1-4-35-26(31)23-21(17-30-15-9-12-19(16-30)18-10-6-5-7-11-18)28-27(32)29-24(23)20-13-8-14-22(33-2)25(20)34-3/h5-8,10-11,13-14,19,24H,4,9,12,15-17H2,1-3H3,(H2,28,29,32)/t19-,24-/m0/s1. The molecule has 8 nitrogen and oxygen atoms in total. The molecule has 0 bridgehead atoms.